The Morgan fingerprint density at radius 2 is 1.64 bits per heavy atom. The molecule has 1 aromatic carbocycles. The van der Waals surface area contributed by atoms with Crippen LogP contribution in [-0.2, 0) is 7.05 Å². The molecule has 9 nitrogen and oxygen atoms in total. The monoisotopic (exact) mass is 379 g/mol. The fourth-order valence-electron chi connectivity index (χ4n) is 3.08. The average Bonchev–Trinajstić information content (AvgIpc) is 3.32. The molecule has 0 unspecified atom stereocenters. The van der Waals surface area contributed by atoms with Crippen molar-refractivity contribution in [3.63, 3.8) is 0 Å². The number of aryl methyl sites for hydroxylation is 1. The zero-order valence-electron chi connectivity index (χ0n) is 15.4. The zero-order valence-corrected chi connectivity index (χ0v) is 15.4. The van der Waals surface area contributed by atoms with Crippen molar-refractivity contribution in [1.82, 2.24) is 24.4 Å². The van der Waals surface area contributed by atoms with Crippen LogP contribution in [0.15, 0.2) is 43.1 Å². The number of methoxy groups -OCH3 is 2. The van der Waals surface area contributed by atoms with Crippen LogP contribution in [0.25, 0.3) is 27.9 Å². The second-order valence-electron chi connectivity index (χ2n) is 6.13. The van der Waals surface area contributed by atoms with Gasteiger partial charge in [0, 0.05) is 42.3 Å². The van der Waals surface area contributed by atoms with Gasteiger partial charge in [-0.1, -0.05) is 0 Å². The minimum atomic E-state index is -1.13. The van der Waals surface area contributed by atoms with Gasteiger partial charge in [0.1, 0.15) is 17.1 Å². The van der Waals surface area contributed by atoms with Crippen molar-refractivity contribution in [3.8, 4) is 33.8 Å². The maximum absolute atomic E-state index is 11.5. The van der Waals surface area contributed by atoms with Crippen LogP contribution in [0.3, 0.4) is 0 Å². The summed E-state index contributed by atoms with van der Waals surface area (Å²) in [5, 5.41) is 18.0. The van der Waals surface area contributed by atoms with Gasteiger partial charge in [-0.3, -0.25) is 4.68 Å². The van der Waals surface area contributed by atoms with Crippen LogP contribution in [0, 0.1) is 0 Å². The number of carboxylic acids is 1. The molecule has 3 heterocycles. The highest BCUT2D eigenvalue weighted by Gasteiger charge is 2.21. The average molecular weight is 379 g/mol. The number of fused-ring (bicyclic) bond motifs is 1. The number of ether oxygens (including phenoxy) is 2. The van der Waals surface area contributed by atoms with E-state index < -0.39 is 5.97 Å². The van der Waals surface area contributed by atoms with Gasteiger partial charge in [-0.2, -0.15) is 10.2 Å². The lowest BCUT2D eigenvalue weighted by Crippen LogP contribution is -2.04. The number of aromatic nitrogens is 5. The van der Waals surface area contributed by atoms with Crippen LogP contribution in [0.2, 0.25) is 0 Å². The van der Waals surface area contributed by atoms with E-state index in [2.05, 4.69) is 15.2 Å². The molecular weight excluding hydrogens is 362 g/mol. The Morgan fingerprint density at radius 3 is 2.21 bits per heavy atom. The number of rotatable bonds is 5. The molecule has 0 fully saturated rings. The van der Waals surface area contributed by atoms with E-state index in [-0.39, 0.29) is 17.1 Å². The fourth-order valence-corrected chi connectivity index (χ4v) is 3.08. The van der Waals surface area contributed by atoms with Crippen LogP contribution < -0.4 is 9.47 Å². The molecule has 3 aromatic heterocycles. The maximum Gasteiger partial charge on any atom is 0.343 e. The highest BCUT2D eigenvalue weighted by Crippen LogP contribution is 2.36. The van der Waals surface area contributed by atoms with E-state index in [0.29, 0.717) is 11.2 Å². The third kappa shape index (κ3) is 2.82. The molecule has 4 rings (SSSR count). The Bertz CT molecular complexity index is 1170. The predicted octanol–water partition coefficient (Wildman–Crippen LogP) is 2.51. The summed E-state index contributed by atoms with van der Waals surface area (Å²) >= 11 is 0. The summed E-state index contributed by atoms with van der Waals surface area (Å²) in [6.45, 7) is 0. The van der Waals surface area contributed by atoms with Crippen molar-refractivity contribution in [1.29, 1.82) is 0 Å². The quantitative estimate of drug-likeness (QED) is 0.568. The van der Waals surface area contributed by atoms with Gasteiger partial charge in [-0.15, -0.1) is 0 Å². The molecule has 0 saturated carbocycles. The van der Waals surface area contributed by atoms with Gasteiger partial charge in [0.05, 0.1) is 26.6 Å². The number of aromatic carboxylic acids is 1. The molecule has 0 atom stereocenters. The molecule has 0 spiro atoms. The smallest absolute Gasteiger partial charge is 0.343 e. The van der Waals surface area contributed by atoms with E-state index in [1.807, 2.05) is 19.4 Å². The van der Waals surface area contributed by atoms with Gasteiger partial charge in [0.2, 0.25) is 0 Å². The number of hydrogen-bond acceptors (Lipinski definition) is 6. The topological polar surface area (TPSA) is 104 Å². The molecule has 0 aliphatic rings. The molecule has 9 heteroatoms. The predicted molar refractivity (Wildman–Crippen MR) is 101 cm³/mol. The van der Waals surface area contributed by atoms with E-state index in [1.54, 1.807) is 39.9 Å². The summed E-state index contributed by atoms with van der Waals surface area (Å²) in [7, 11) is 4.68. The Hall–Kier alpha value is -3.88. The lowest BCUT2D eigenvalue weighted by Gasteiger charge is -2.12. The second kappa shape index (κ2) is 6.69. The highest BCUT2D eigenvalue weighted by atomic mass is 16.5. The zero-order chi connectivity index (χ0) is 19.8. The summed E-state index contributed by atoms with van der Waals surface area (Å²) in [6.07, 6.45) is 8.94. The van der Waals surface area contributed by atoms with Crippen LogP contribution in [0.1, 0.15) is 10.4 Å². The van der Waals surface area contributed by atoms with Crippen molar-refractivity contribution in [2.24, 2.45) is 7.05 Å². The molecule has 0 amide bonds. The molecule has 142 valence electrons. The molecular formula is C19H17N5O4. The van der Waals surface area contributed by atoms with Gasteiger partial charge in [0.15, 0.2) is 5.65 Å². The number of carboxylic acid groups (broad SMARTS) is 1. The molecule has 28 heavy (non-hydrogen) atoms. The summed E-state index contributed by atoms with van der Waals surface area (Å²) in [6, 6.07) is 3.28. The maximum atomic E-state index is 11.5. The SMILES string of the molecule is COc1cc(-c2cnn3cc(-c4cnn(C)c4)cnc23)cc(OC)c1C(=O)O. The molecule has 1 N–H and O–H groups in total. The van der Waals surface area contributed by atoms with Crippen molar-refractivity contribution >= 4 is 11.6 Å². The molecule has 0 aliphatic carbocycles. The minimum Gasteiger partial charge on any atom is -0.496 e. The van der Waals surface area contributed by atoms with Crippen molar-refractivity contribution < 1.29 is 19.4 Å². The lowest BCUT2D eigenvalue weighted by atomic mass is 10.0. The first-order chi connectivity index (χ1) is 13.5. The van der Waals surface area contributed by atoms with Crippen molar-refractivity contribution in [2.75, 3.05) is 14.2 Å². The van der Waals surface area contributed by atoms with E-state index in [0.717, 1.165) is 16.7 Å². The fraction of sp³-hybridized carbons (Fsp3) is 0.158. The number of hydrogen-bond donors (Lipinski definition) is 1. The van der Waals surface area contributed by atoms with Crippen LogP contribution in [0.5, 0.6) is 11.5 Å². The van der Waals surface area contributed by atoms with Gasteiger partial charge >= 0.3 is 5.97 Å². The van der Waals surface area contributed by atoms with E-state index in [1.165, 1.54) is 14.2 Å². The number of benzene rings is 1. The normalized spacial score (nSPS) is 11.0. The highest BCUT2D eigenvalue weighted by molar-refractivity contribution is 5.96. The minimum absolute atomic E-state index is 0.0305. The first kappa shape index (κ1) is 17.5. The summed E-state index contributed by atoms with van der Waals surface area (Å²) < 4.78 is 13.9. The molecule has 0 radical (unpaired) electrons. The Balaban J connectivity index is 1.84. The Kier molecular flexibility index (Phi) is 4.19. The third-order valence-electron chi connectivity index (χ3n) is 4.43. The molecule has 0 aliphatic heterocycles. The van der Waals surface area contributed by atoms with Crippen molar-refractivity contribution in [3.05, 3.63) is 48.7 Å². The molecule has 0 saturated heterocycles. The number of nitrogens with zero attached hydrogens (tertiary/aromatic N) is 5. The summed E-state index contributed by atoms with van der Waals surface area (Å²) in [5.74, 6) is -0.722. The largest absolute Gasteiger partial charge is 0.496 e. The van der Waals surface area contributed by atoms with Crippen molar-refractivity contribution in [2.45, 2.75) is 0 Å². The van der Waals surface area contributed by atoms with Crippen LogP contribution in [0.4, 0.5) is 0 Å². The van der Waals surface area contributed by atoms with Crippen LogP contribution in [-0.4, -0.2) is 49.7 Å². The van der Waals surface area contributed by atoms with Gasteiger partial charge in [-0.25, -0.2) is 14.3 Å². The molecule has 0 bridgehead atoms. The second-order valence-corrected chi connectivity index (χ2v) is 6.13. The van der Waals surface area contributed by atoms with E-state index in [4.69, 9.17) is 9.47 Å². The first-order valence-corrected chi connectivity index (χ1v) is 8.34. The summed E-state index contributed by atoms with van der Waals surface area (Å²) in [5.41, 5.74) is 3.83. The third-order valence-corrected chi connectivity index (χ3v) is 4.43. The Labute approximate surface area is 159 Å². The number of carbonyl (C=O) groups is 1. The van der Waals surface area contributed by atoms with Crippen LogP contribution >= 0.6 is 0 Å². The first-order valence-electron chi connectivity index (χ1n) is 8.34. The summed E-state index contributed by atoms with van der Waals surface area (Å²) in [4.78, 5) is 16.1. The molecule has 4 aromatic rings. The lowest BCUT2D eigenvalue weighted by molar-refractivity contribution is 0.0689. The van der Waals surface area contributed by atoms with Gasteiger partial charge in [-0.05, 0) is 17.7 Å². The standard InChI is InChI=1S/C19H17N5O4/c1-23-9-13(7-21-23)12-6-20-18-14(8-22-24(18)10-12)11-4-15(27-2)17(19(25)26)16(5-11)28-3/h4-10H,1-3H3,(H,25,26). The van der Waals surface area contributed by atoms with Gasteiger partial charge in [0.25, 0.3) is 0 Å². The Morgan fingerprint density at radius 1 is 0.964 bits per heavy atom. The van der Waals surface area contributed by atoms with E-state index in [9.17, 15) is 9.90 Å². The van der Waals surface area contributed by atoms with E-state index >= 15 is 0 Å². The van der Waals surface area contributed by atoms with Gasteiger partial charge < -0.3 is 14.6 Å².